The standard InChI is InChI=1S/C15H20N4O2S/c1-3-11-22(20,21)18-14-9-10-15(17-16-14)19(2)12-13-7-5-4-6-8-13/h4-10H,3,11-12H2,1-2H3,(H,16,18). The molecule has 0 bridgehead atoms. The van der Waals surface area contributed by atoms with Gasteiger partial charge >= 0.3 is 0 Å². The van der Waals surface area contributed by atoms with Crippen molar-refractivity contribution in [2.24, 2.45) is 0 Å². The molecule has 2 rings (SSSR count). The molecule has 2 aromatic rings. The van der Waals surface area contributed by atoms with Gasteiger partial charge in [0.15, 0.2) is 11.6 Å². The highest BCUT2D eigenvalue weighted by Gasteiger charge is 2.11. The van der Waals surface area contributed by atoms with Crippen molar-refractivity contribution in [3.05, 3.63) is 48.0 Å². The van der Waals surface area contributed by atoms with Crippen LogP contribution in [-0.2, 0) is 16.6 Å². The van der Waals surface area contributed by atoms with Gasteiger partial charge in [0.05, 0.1) is 5.75 Å². The van der Waals surface area contributed by atoms with Crippen LogP contribution in [-0.4, -0.2) is 31.4 Å². The lowest BCUT2D eigenvalue weighted by Crippen LogP contribution is -2.20. The Labute approximate surface area is 131 Å². The molecule has 1 aromatic carbocycles. The second kappa shape index (κ2) is 7.22. The molecule has 0 unspecified atom stereocenters. The van der Waals surface area contributed by atoms with E-state index in [1.807, 2.05) is 49.2 Å². The van der Waals surface area contributed by atoms with Crippen LogP contribution in [0, 0.1) is 0 Å². The van der Waals surface area contributed by atoms with Gasteiger partial charge in [0.25, 0.3) is 0 Å². The Morgan fingerprint density at radius 1 is 1.09 bits per heavy atom. The maximum absolute atomic E-state index is 11.7. The zero-order valence-electron chi connectivity index (χ0n) is 12.7. The van der Waals surface area contributed by atoms with E-state index in [2.05, 4.69) is 14.9 Å². The molecule has 0 spiro atoms. The third-order valence-electron chi connectivity index (χ3n) is 3.04. The zero-order valence-corrected chi connectivity index (χ0v) is 13.5. The van der Waals surface area contributed by atoms with Crippen molar-refractivity contribution in [1.82, 2.24) is 10.2 Å². The number of hydrogen-bond donors (Lipinski definition) is 1. The van der Waals surface area contributed by atoms with E-state index in [0.29, 0.717) is 18.8 Å². The maximum atomic E-state index is 11.7. The number of hydrogen-bond acceptors (Lipinski definition) is 5. The van der Waals surface area contributed by atoms with Gasteiger partial charge in [-0.2, -0.15) is 0 Å². The molecule has 0 aliphatic carbocycles. The van der Waals surface area contributed by atoms with Gasteiger partial charge < -0.3 is 4.90 Å². The van der Waals surface area contributed by atoms with Crippen molar-refractivity contribution >= 4 is 21.7 Å². The topological polar surface area (TPSA) is 75.2 Å². The van der Waals surface area contributed by atoms with E-state index in [9.17, 15) is 8.42 Å². The molecule has 0 fully saturated rings. The lowest BCUT2D eigenvalue weighted by molar-refractivity contribution is 0.599. The van der Waals surface area contributed by atoms with Crippen LogP contribution >= 0.6 is 0 Å². The van der Waals surface area contributed by atoms with Crippen LogP contribution in [0.5, 0.6) is 0 Å². The summed E-state index contributed by atoms with van der Waals surface area (Å²) in [6.07, 6.45) is 0.556. The molecule has 0 amide bonds. The van der Waals surface area contributed by atoms with Crippen molar-refractivity contribution in [3.8, 4) is 0 Å². The lowest BCUT2D eigenvalue weighted by Gasteiger charge is -2.17. The van der Waals surface area contributed by atoms with Gasteiger partial charge in [-0.15, -0.1) is 10.2 Å². The Hall–Kier alpha value is -2.15. The van der Waals surface area contributed by atoms with Gasteiger partial charge in [-0.1, -0.05) is 37.3 Å². The molecule has 1 N–H and O–H groups in total. The van der Waals surface area contributed by atoms with E-state index in [1.165, 1.54) is 5.56 Å². The Morgan fingerprint density at radius 3 is 2.41 bits per heavy atom. The molecule has 118 valence electrons. The van der Waals surface area contributed by atoms with Gasteiger partial charge in [-0.05, 0) is 24.1 Å². The first kappa shape index (κ1) is 16.2. The summed E-state index contributed by atoms with van der Waals surface area (Å²) < 4.78 is 25.8. The van der Waals surface area contributed by atoms with E-state index in [-0.39, 0.29) is 11.6 Å². The largest absolute Gasteiger partial charge is 0.354 e. The summed E-state index contributed by atoms with van der Waals surface area (Å²) in [6, 6.07) is 13.4. The molecule has 22 heavy (non-hydrogen) atoms. The lowest BCUT2D eigenvalue weighted by atomic mass is 10.2. The molecule has 0 aliphatic heterocycles. The average molecular weight is 320 g/mol. The minimum Gasteiger partial charge on any atom is -0.354 e. The third-order valence-corrected chi connectivity index (χ3v) is 4.50. The fourth-order valence-corrected chi connectivity index (χ4v) is 3.07. The molecular formula is C15H20N4O2S. The third kappa shape index (κ3) is 4.70. The van der Waals surface area contributed by atoms with Crippen molar-refractivity contribution in [1.29, 1.82) is 0 Å². The summed E-state index contributed by atoms with van der Waals surface area (Å²) in [5, 5.41) is 7.99. The molecular weight excluding hydrogens is 300 g/mol. The quantitative estimate of drug-likeness (QED) is 0.847. The summed E-state index contributed by atoms with van der Waals surface area (Å²) in [4.78, 5) is 1.95. The van der Waals surface area contributed by atoms with Crippen LogP contribution in [0.2, 0.25) is 0 Å². The van der Waals surface area contributed by atoms with Gasteiger partial charge in [-0.25, -0.2) is 8.42 Å². The fraction of sp³-hybridized carbons (Fsp3) is 0.333. The second-order valence-electron chi connectivity index (χ2n) is 5.04. The highest BCUT2D eigenvalue weighted by molar-refractivity contribution is 7.92. The number of sulfonamides is 1. The van der Waals surface area contributed by atoms with E-state index < -0.39 is 10.0 Å². The summed E-state index contributed by atoms with van der Waals surface area (Å²) in [5.41, 5.74) is 1.17. The van der Waals surface area contributed by atoms with E-state index in [4.69, 9.17) is 0 Å². The first-order chi connectivity index (χ1) is 10.5. The molecule has 0 aliphatic rings. The number of nitrogens with zero attached hydrogens (tertiary/aromatic N) is 3. The van der Waals surface area contributed by atoms with Crippen LogP contribution in [0.25, 0.3) is 0 Å². The minimum absolute atomic E-state index is 0.0738. The van der Waals surface area contributed by atoms with E-state index in [1.54, 1.807) is 12.1 Å². The summed E-state index contributed by atoms with van der Waals surface area (Å²) in [5.74, 6) is 0.997. The smallest absolute Gasteiger partial charge is 0.233 e. The zero-order chi connectivity index (χ0) is 16.0. The molecule has 1 heterocycles. The monoisotopic (exact) mass is 320 g/mol. The Bertz CT molecular complexity index is 687. The molecule has 0 atom stereocenters. The SMILES string of the molecule is CCCS(=O)(=O)Nc1ccc(N(C)Cc2ccccc2)nn1. The van der Waals surface area contributed by atoms with Crippen LogP contribution in [0.15, 0.2) is 42.5 Å². The van der Waals surface area contributed by atoms with Gasteiger partial charge in [0, 0.05) is 13.6 Å². The molecule has 6 nitrogen and oxygen atoms in total. The number of nitrogens with one attached hydrogen (secondary N) is 1. The highest BCUT2D eigenvalue weighted by atomic mass is 32.2. The van der Waals surface area contributed by atoms with Crippen molar-refractivity contribution in [2.75, 3.05) is 22.4 Å². The Balaban J connectivity index is 2.02. The number of rotatable bonds is 7. The predicted octanol–water partition coefficient (Wildman–Crippen LogP) is 2.26. The van der Waals surface area contributed by atoms with Crippen LogP contribution in [0.3, 0.4) is 0 Å². The maximum Gasteiger partial charge on any atom is 0.233 e. The van der Waals surface area contributed by atoms with Crippen molar-refractivity contribution in [3.63, 3.8) is 0 Å². The number of benzene rings is 1. The van der Waals surface area contributed by atoms with Crippen LogP contribution < -0.4 is 9.62 Å². The van der Waals surface area contributed by atoms with Crippen LogP contribution in [0.4, 0.5) is 11.6 Å². The minimum atomic E-state index is -3.33. The Kier molecular flexibility index (Phi) is 5.32. The average Bonchev–Trinajstić information content (AvgIpc) is 2.48. The van der Waals surface area contributed by atoms with E-state index in [0.717, 1.165) is 0 Å². The molecule has 1 aromatic heterocycles. The van der Waals surface area contributed by atoms with Gasteiger partial charge in [0.1, 0.15) is 0 Å². The van der Waals surface area contributed by atoms with Gasteiger partial charge in [-0.3, -0.25) is 4.72 Å². The van der Waals surface area contributed by atoms with Gasteiger partial charge in [0.2, 0.25) is 10.0 Å². The normalized spacial score (nSPS) is 11.2. The molecule has 7 heteroatoms. The first-order valence-electron chi connectivity index (χ1n) is 7.09. The fourth-order valence-electron chi connectivity index (χ4n) is 2.00. The first-order valence-corrected chi connectivity index (χ1v) is 8.74. The molecule has 0 radical (unpaired) electrons. The second-order valence-corrected chi connectivity index (χ2v) is 6.88. The molecule has 0 saturated heterocycles. The summed E-state index contributed by atoms with van der Waals surface area (Å²) >= 11 is 0. The van der Waals surface area contributed by atoms with Crippen molar-refractivity contribution < 1.29 is 8.42 Å². The number of anilines is 2. The highest BCUT2D eigenvalue weighted by Crippen LogP contribution is 2.14. The van der Waals surface area contributed by atoms with E-state index >= 15 is 0 Å². The summed E-state index contributed by atoms with van der Waals surface area (Å²) in [6.45, 7) is 2.52. The molecule has 0 saturated carbocycles. The van der Waals surface area contributed by atoms with Crippen LogP contribution in [0.1, 0.15) is 18.9 Å². The Morgan fingerprint density at radius 2 is 1.82 bits per heavy atom. The number of aromatic nitrogens is 2. The predicted molar refractivity (Wildman–Crippen MR) is 88.3 cm³/mol. The van der Waals surface area contributed by atoms with Crippen molar-refractivity contribution in [2.45, 2.75) is 19.9 Å². The summed E-state index contributed by atoms with van der Waals surface area (Å²) in [7, 11) is -1.42.